The Morgan fingerprint density at radius 3 is 3.06 bits per heavy atom. The highest BCUT2D eigenvalue weighted by atomic mass is 79.9. The second-order valence-corrected chi connectivity index (χ2v) is 5.22. The quantitative estimate of drug-likeness (QED) is 0.900. The van der Waals surface area contributed by atoms with E-state index in [1.54, 1.807) is 6.07 Å². The third-order valence-electron chi connectivity index (χ3n) is 3.17. The zero-order chi connectivity index (χ0) is 12.3. The van der Waals surface area contributed by atoms with Crippen LogP contribution >= 0.6 is 15.9 Å². The average molecular weight is 302 g/mol. The lowest BCUT2D eigenvalue weighted by atomic mass is 9.87. The summed E-state index contributed by atoms with van der Waals surface area (Å²) in [5.74, 6) is 0.249. The zero-order valence-corrected chi connectivity index (χ0v) is 11.1. The van der Waals surface area contributed by atoms with Gasteiger partial charge >= 0.3 is 0 Å². The van der Waals surface area contributed by atoms with E-state index >= 15 is 0 Å². The van der Waals surface area contributed by atoms with Gasteiger partial charge in [0, 0.05) is 6.54 Å². The SMILES string of the molecule is O=C(NCC1CCCC(O)C1)c1ccoc1Br. The lowest BCUT2D eigenvalue weighted by molar-refractivity contribution is 0.0872. The Kier molecular flexibility index (Phi) is 4.23. The lowest BCUT2D eigenvalue weighted by Crippen LogP contribution is -2.32. The van der Waals surface area contributed by atoms with E-state index < -0.39 is 0 Å². The molecule has 0 spiro atoms. The van der Waals surface area contributed by atoms with Crippen LogP contribution in [0, 0.1) is 5.92 Å². The molecule has 17 heavy (non-hydrogen) atoms. The fraction of sp³-hybridized carbons (Fsp3) is 0.583. The number of carbonyl (C=O) groups excluding carboxylic acids is 1. The van der Waals surface area contributed by atoms with E-state index in [-0.39, 0.29) is 12.0 Å². The molecule has 2 rings (SSSR count). The number of carbonyl (C=O) groups is 1. The first-order valence-corrected chi connectivity index (χ1v) is 6.65. The first-order chi connectivity index (χ1) is 8.16. The average Bonchev–Trinajstić information content (AvgIpc) is 2.72. The van der Waals surface area contributed by atoms with Crippen molar-refractivity contribution in [2.75, 3.05) is 6.54 Å². The predicted octanol–water partition coefficient (Wildman–Crippen LogP) is 2.32. The maximum Gasteiger partial charge on any atom is 0.255 e. The maximum absolute atomic E-state index is 11.8. The van der Waals surface area contributed by atoms with Crippen LogP contribution in [-0.2, 0) is 0 Å². The molecule has 94 valence electrons. The molecule has 2 N–H and O–H groups in total. The van der Waals surface area contributed by atoms with Crippen molar-refractivity contribution in [1.29, 1.82) is 0 Å². The van der Waals surface area contributed by atoms with Crippen LogP contribution in [0.1, 0.15) is 36.0 Å². The molecule has 4 nitrogen and oxygen atoms in total. The molecular formula is C12H16BrNO3. The van der Waals surface area contributed by atoms with Crippen molar-refractivity contribution in [3.63, 3.8) is 0 Å². The molecule has 0 aliphatic heterocycles. The summed E-state index contributed by atoms with van der Waals surface area (Å²) in [6.45, 7) is 0.619. The molecule has 5 heteroatoms. The Morgan fingerprint density at radius 2 is 2.41 bits per heavy atom. The Hall–Kier alpha value is -0.810. The van der Waals surface area contributed by atoms with Crippen LogP contribution in [0.4, 0.5) is 0 Å². The molecule has 1 aliphatic carbocycles. The van der Waals surface area contributed by atoms with Crippen molar-refractivity contribution in [1.82, 2.24) is 5.32 Å². The van der Waals surface area contributed by atoms with Crippen molar-refractivity contribution in [3.05, 3.63) is 22.6 Å². The van der Waals surface area contributed by atoms with Crippen LogP contribution in [-0.4, -0.2) is 23.7 Å². The predicted molar refractivity (Wildman–Crippen MR) is 66.7 cm³/mol. The third-order valence-corrected chi connectivity index (χ3v) is 3.78. The molecule has 0 saturated heterocycles. The van der Waals surface area contributed by atoms with Gasteiger partial charge in [-0.25, -0.2) is 0 Å². The number of amides is 1. The Balaban J connectivity index is 1.82. The van der Waals surface area contributed by atoms with Crippen LogP contribution in [0.25, 0.3) is 0 Å². The van der Waals surface area contributed by atoms with Crippen LogP contribution in [0.2, 0.25) is 0 Å². The Morgan fingerprint density at radius 1 is 1.59 bits per heavy atom. The number of nitrogens with one attached hydrogen (secondary N) is 1. The third kappa shape index (κ3) is 3.33. The van der Waals surface area contributed by atoms with Gasteiger partial charge in [-0.15, -0.1) is 0 Å². The van der Waals surface area contributed by atoms with Crippen molar-refractivity contribution < 1.29 is 14.3 Å². The van der Waals surface area contributed by atoms with E-state index in [1.807, 2.05) is 0 Å². The summed E-state index contributed by atoms with van der Waals surface area (Å²) in [5.41, 5.74) is 0.515. The molecule has 0 bridgehead atoms. The largest absolute Gasteiger partial charge is 0.457 e. The minimum Gasteiger partial charge on any atom is -0.457 e. The number of rotatable bonds is 3. The molecule has 1 amide bonds. The molecule has 0 aromatic carbocycles. The number of furan rings is 1. The topological polar surface area (TPSA) is 62.5 Å². The summed E-state index contributed by atoms with van der Waals surface area (Å²) in [5, 5.41) is 12.4. The minimum absolute atomic E-state index is 0.134. The summed E-state index contributed by atoms with van der Waals surface area (Å²) < 4.78 is 5.47. The maximum atomic E-state index is 11.8. The molecule has 0 radical (unpaired) electrons. The molecule has 1 fully saturated rings. The molecule has 2 atom stereocenters. The van der Waals surface area contributed by atoms with Crippen LogP contribution in [0.15, 0.2) is 21.4 Å². The van der Waals surface area contributed by atoms with E-state index in [2.05, 4.69) is 21.2 Å². The Labute approximate surface area is 109 Å². The number of aliphatic hydroxyl groups excluding tert-OH is 1. The lowest BCUT2D eigenvalue weighted by Gasteiger charge is -2.25. The van der Waals surface area contributed by atoms with Gasteiger partial charge < -0.3 is 14.8 Å². The van der Waals surface area contributed by atoms with Gasteiger partial charge in [0.1, 0.15) is 0 Å². The summed E-state index contributed by atoms with van der Waals surface area (Å²) in [4.78, 5) is 11.8. The highest BCUT2D eigenvalue weighted by Crippen LogP contribution is 2.24. The van der Waals surface area contributed by atoms with Crippen molar-refractivity contribution in [2.45, 2.75) is 31.8 Å². The second-order valence-electron chi connectivity index (χ2n) is 4.50. The molecule has 1 aromatic rings. The number of hydrogen-bond acceptors (Lipinski definition) is 3. The first kappa shape index (κ1) is 12.6. The monoisotopic (exact) mass is 301 g/mol. The van der Waals surface area contributed by atoms with Crippen LogP contribution in [0.5, 0.6) is 0 Å². The zero-order valence-electron chi connectivity index (χ0n) is 9.49. The van der Waals surface area contributed by atoms with Gasteiger partial charge in [0.2, 0.25) is 0 Å². The minimum atomic E-state index is -0.202. The van der Waals surface area contributed by atoms with Gasteiger partial charge in [0.15, 0.2) is 4.67 Å². The van der Waals surface area contributed by atoms with Crippen LogP contribution in [0.3, 0.4) is 0 Å². The summed E-state index contributed by atoms with van der Waals surface area (Å²) >= 11 is 3.17. The second kappa shape index (κ2) is 5.69. The van der Waals surface area contributed by atoms with E-state index in [0.29, 0.717) is 22.7 Å². The van der Waals surface area contributed by atoms with E-state index in [4.69, 9.17) is 4.42 Å². The number of halogens is 1. The first-order valence-electron chi connectivity index (χ1n) is 5.86. The number of hydrogen-bond donors (Lipinski definition) is 2. The fourth-order valence-corrected chi connectivity index (χ4v) is 2.66. The Bertz CT molecular complexity index is 391. The van der Waals surface area contributed by atoms with E-state index in [1.165, 1.54) is 6.26 Å². The molecule has 1 saturated carbocycles. The van der Waals surface area contributed by atoms with Crippen LogP contribution < -0.4 is 5.32 Å². The summed E-state index contributed by atoms with van der Waals surface area (Å²) in [6.07, 6.45) is 5.06. The van der Waals surface area contributed by atoms with Gasteiger partial charge in [-0.05, 0) is 47.2 Å². The molecule has 1 aliphatic rings. The summed E-state index contributed by atoms with van der Waals surface area (Å²) in [6, 6.07) is 1.63. The highest BCUT2D eigenvalue weighted by Gasteiger charge is 2.21. The van der Waals surface area contributed by atoms with Gasteiger partial charge in [0.25, 0.3) is 5.91 Å². The molecular weight excluding hydrogens is 286 g/mol. The highest BCUT2D eigenvalue weighted by molar-refractivity contribution is 9.10. The normalized spacial score (nSPS) is 24.6. The number of aliphatic hydroxyl groups is 1. The smallest absolute Gasteiger partial charge is 0.255 e. The van der Waals surface area contributed by atoms with Gasteiger partial charge in [-0.3, -0.25) is 4.79 Å². The molecule has 1 heterocycles. The van der Waals surface area contributed by atoms with Gasteiger partial charge in [0.05, 0.1) is 17.9 Å². The van der Waals surface area contributed by atoms with Gasteiger partial charge in [-0.2, -0.15) is 0 Å². The van der Waals surface area contributed by atoms with Crippen molar-refractivity contribution >= 4 is 21.8 Å². The van der Waals surface area contributed by atoms with Crippen molar-refractivity contribution in [2.24, 2.45) is 5.92 Å². The van der Waals surface area contributed by atoms with Crippen molar-refractivity contribution in [3.8, 4) is 0 Å². The molecule has 2 unspecified atom stereocenters. The fourth-order valence-electron chi connectivity index (χ4n) is 2.24. The summed E-state index contributed by atoms with van der Waals surface area (Å²) in [7, 11) is 0. The van der Waals surface area contributed by atoms with Gasteiger partial charge in [-0.1, -0.05) is 6.42 Å². The molecule has 1 aromatic heterocycles. The standard InChI is InChI=1S/C12H16BrNO3/c13-11-10(4-5-17-11)12(16)14-7-8-2-1-3-9(15)6-8/h4-5,8-9,15H,1-3,6-7H2,(H,14,16). The van der Waals surface area contributed by atoms with E-state index in [0.717, 1.165) is 25.7 Å². The van der Waals surface area contributed by atoms with E-state index in [9.17, 15) is 9.90 Å².